The SMILES string of the molecule is CCN(C(=O)c1ccc(Oc2ccc(F)cc2)nc1)c1ccc(CN2CCN(C(=O)O)[C@@H](C)C2)cc1. The number of rotatable bonds is 7. The first-order valence-corrected chi connectivity index (χ1v) is 11.9. The molecule has 2 heterocycles. The molecule has 0 bridgehead atoms. The molecule has 1 aliphatic rings. The Morgan fingerprint density at radius 3 is 2.39 bits per heavy atom. The van der Waals surface area contributed by atoms with Gasteiger partial charge in [-0.3, -0.25) is 9.69 Å². The van der Waals surface area contributed by atoms with E-state index in [1.807, 2.05) is 38.1 Å². The highest BCUT2D eigenvalue weighted by atomic mass is 19.1. The van der Waals surface area contributed by atoms with Gasteiger partial charge in [-0.05, 0) is 61.9 Å². The number of carbonyl (C=O) groups excluding carboxylic acids is 1. The van der Waals surface area contributed by atoms with Gasteiger partial charge in [-0.15, -0.1) is 0 Å². The number of carbonyl (C=O) groups is 2. The van der Waals surface area contributed by atoms with Gasteiger partial charge in [-0.2, -0.15) is 0 Å². The third-order valence-corrected chi connectivity index (χ3v) is 6.19. The summed E-state index contributed by atoms with van der Waals surface area (Å²) in [5, 5.41) is 9.25. The lowest BCUT2D eigenvalue weighted by Crippen LogP contribution is -2.53. The van der Waals surface area contributed by atoms with E-state index >= 15 is 0 Å². The number of ether oxygens (including phenoxy) is 1. The van der Waals surface area contributed by atoms with E-state index in [4.69, 9.17) is 4.74 Å². The quantitative estimate of drug-likeness (QED) is 0.507. The van der Waals surface area contributed by atoms with Gasteiger partial charge in [0.05, 0.1) is 5.56 Å². The fourth-order valence-electron chi connectivity index (χ4n) is 4.29. The third kappa shape index (κ3) is 5.98. The summed E-state index contributed by atoms with van der Waals surface area (Å²) in [5.74, 6) is 0.238. The molecule has 4 rings (SSSR count). The lowest BCUT2D eigenvalue weighted by molar-refractivity contribution is 0.0711. The van der Waals surface area contributed by atoms with Gasteiger partial charge in [-0.1, -0.05) is 12.1 Å². The van der Waals surface area contributed by atoms with Crippen LogP contribution in [0.25, 0.3) is 0 Å². The Morgan fingerprint density at radius 2 is 1.81 bits per heavy atom. The molecule has 1 aromatic heterocycles. The van der Waals surface area contributed by atoms with Crippen LogP contribution < -0.4 is 9.64 Å². The number of halogens is 1. The molecule has 9 heteroatoms. The minimum absolute atomic E-state index is 0.0511. The Labute approximate surface area is 209 Å². The van der Waals surface area contributed by atoms with Crippen molar-refractivity contribution in [1.82, 2.24) is 14.8 Å². The van der Waals surface area contributed by atoms with Crippen LogP contribution in [0.5, 0.6) is 11.6 Å². The molecule has 36 heavy (non-hydrogen) atoms. The highest BCUT2D eigenvalue weighted by molar-refractivity contribution is 6.05. The van der Waals surface area contributed by atoms with E-state index in [1.165, 1.54) is 35.4 Å². The summed E-state index contributed by atoms with van der Waals surface area (Å²) in [7, 11) is 0. The zero-order chi connectivity index (χ0) is 25.7. The number of nitrogens with zero attached hydrogens (tertiary/aromatic N) is 4. The van der Waals surface area contributed by atoms with Crippen molar-refractivity contribution in [3.8, 4) is 11.6 Å². The number of hydrogen-bond donors (Lipinski definition) is 1. The van der Waals surface area contributed by atoms with E-state index in [0.717, 1.165) is 17.8 Å². The van der Waals surface area contributed by atoms with Gasteiger partial charge >= 0.3 is 6.09 Å². The van der Waals surface area contributed by atoms with Crippen LogP contribution in [0.1, 0.15) is 29.8 Å². The Hall–Kier alpha value is -3.98. The number of aromatic nitrogens is 1. The van der Waals surface area contributed by atoms with E-state index in [1.54, 1.807) is 17.0 Å². The maximum absolute atomic E-state index is 13.1. The normalized spacial score (nSPS) is 16.0. The van der Waals surface area contributed by atoms with Crippen LogP contribution in [0, 0.1) is 5.82 Å². The molecule has 3 aromatic rings. The van der Waals surface area contributed by atoms with Gasteiger partial charge in [0.1, 0.15) is 11.6 Å². The number of piperazine rings is 1. The minimum atomic E-state index is -0.874. The summed E-state index contributed by atoms with van der Waals surface area (Å²) in [6, 6.07) is 16.7. The van der Waals surface area contributed by atoms with Crippen LogP contribution in [0.2, 0.25) is 0 Å². The molecule has 0 spiro atoms. The van der Waals surface area contributed by atoms with Gasteiger partial charge in [0.2, 0.25) is 5.88 Å². The van der Waals surface area contributed by atoms with Crippen molar-refractivity contribution >= 4 is 17.7 Å². The average molecular weight is 493 g/mol. The lowest BCUT2D eigenvalue weighted by atomic mass is 10.1. The number of pyridine rings is 1. The lowest BCUT2D eigenvalue weighted by Gasteiger charge is -2.38. The van der Waals surface area contributed by atoms with Crippen molar-refractivity contribution in [1.29, 1.82) is 0 Å². The van der Waals surface area contributed by atoms with Crippen molar-refractivity contribution < 1.29 is 23.8 Å². The largest absolute Gasteiger partial charge is 0.465 e. The molecule has 1 fully saturated rings. The van der Waals surface area contributed by atoms with Crippen LogP contribution in [0.4, 0.5) is 14.9 Å². The highest BCUT2D eigenvalue weighted by Gasteiger charge is 2.27. The van der Waals surface area contributed by atoms with Crippen LogP contribution >= 0.6 is 0 Å². The highest BCUT2D eigenvalue weighted by Crippen LogP contribution is 2.22. The van der Waals surface area contributed by atoms with Crippen molar-refractivity contribution in [3.05, 3.63) is 83.8 Å². The molecule has 188 valence electrons. The number of hydrogen-bond acceptors (Lipinski definition) is 5. The predicted octanol–water partition coefficient (Wildman–Crippen LogP) is 4.86. The minimum Gasteiger partial charge on any atom is -0.465 e. The maximum atomic E-state index is 13.1. The molecule has 1 aliphatic heterocycles. The first kappa shape index (κ1) is 25.1. The zero-order valence-electron chi connectivity index (χ0n) is 20.3. The summed E-state index contributed by atoms with van der Waals surface area (Å²) in [5.41, 5.74) is 2.31. The molecular weight excluding hydrogens is 463 g/mol. The van der Waals surface area contributed by atoms with Gasteiger partial charge in [-0.25, -0.2) is 14.2 Å². The van der Waals surface area contributed by atoms with E-state index in [-0.39, 0.29) is 17.8 Å². The van der Waals surface area contributed by atoms with Gasteiger partial charge in [0.25, 0.3) is 5.91 Å². The summed E-state index contributed by atoms with van der Waals surface area (Å²) in [6.07, 6.45) is 0.594. The fourth-order valence-corrected chi connectivity index (χ4v) is 4.29. The van der Waals surface area contributed by atoms with Crippen molar-refractivity contribution in [3.63, 3.8) is 0 Å². The summed E-state index contributed by atoms with van der Waals surface area (Å²) >= 11 is 0. The van der Waals surface area contributed by atoms with E-state index in [2.05, 4.69) is 9.88 Å². The van der Waals surface area contributed by atoms with Gasteiger partial charge in [0, 0.05) is 56.7 Å². The van der Waals surface area contributed by atoms with Crippen molar-refractivity contribution in [2.24, 2.45) is 0 Å². The number of benzene rings is 2. The summed E-state index contributed by atoms with van der Waals surface area (Å²) < 4.78 is 18.7. The zero-order valence-corrected chi connectivity index (χ0v) is 20.3. The molecule has 8 nitrogen and oxygen atoms in total. The van der Waals surface area contributed by atoms with Gasteiger partial charge < -0.3 is 19.6 Å². The molecule has 0 saturated carbocycles. The van der Waals surface area contributed by atoms with Crippen molar-refractivity contribution in [2.45, 2.75) is 26.4 Å². The summed E-state index contributed by atoms with van der Waals surface area (Å²) in [6.45, 7) is 6.90. The summed E-state index contributed by atoms with van der Waals surface area (Å²) in [4.78, 5) is 34.0. The maximum Gasteiger partial charge on any atom is 0.407 e. The number of amides is 2. The second-order valence-electron chi connectivity index (χ2n) is 8.72. The van der Waals surface area contributed by atoms with E-state index < -0.39 is 6.09 Å². The Balaban J connectivity index is 1.37. The second kappa shape index (κ2) is 11.2. The first-order chi connectivity index (χ1) is 17.3. The first-order valence-electron chi connectivity index (χ1n) is 11.9. The standard InChI is InChI=1S/C27H29FN4O4/c1-3-31(26(33)21-6-13-25(29-16-21)36-24-11-7-22(28)8-12-24)23-9-4-20(5-10-23)18-30-14-15-32(27(34)35)19(2)17-30/h4-13,16,19H,3,14-15,17-18H2,1-2H3,(H,34,35)/t19-/m0/s1. The second-order valence-corrected chi connectivity index (χ2v) is 8.72. The Bertz CT molecular complexity index is 1190. The molecule has 0 unspecified atom stereocenters. The molecule has 1 saturated heterocycles. The van der Waals surface area contributed by atoms with E-state index in [0.29, 0.717) is 43.4 Å². The molecule has 0 aliphatic carbocycles. The topological polar surface area (TPSA) is 86.2 Å². The number of carboxylic acid groups (broad SMARTS) is 1. The third-order valence-electron chi connectivity index (χ3n) is 6.19. The molecule has 1 atom stereocenters. The van der Waals surface area contributed by atoms with Crippen LogP contribution in [0.3, 0.4) is 0 Å². The molecule has 2 aromatic carbocycles. The Morgan fingerprint density at radius 1 is 1.08 bits per heavy atom. The molecule has 2 amide bonds. The molecule has 1 N–H and O–H groups in total. The number of anilines is 1. The van der Waals surface area contributed by atoms with Crippen LogP contribution in [-0.2, 0) is 6.54 Å². The monoisotopic (exact) mass is 492 g/mol. The molecular formula is C27H29FN4O4. The molecule has 0 radical (unpaired) electrons. The van der Waals surface area contributed by atoms with Crippen LogP contribution in [-0.4, -0.2) is 64.1 Å². The van der Waals surface area contributed by atoms with Crippen LogP contribution in [0.15, 0.2) is 66.9 Å². The van der Waals surface area contributed by atoms with E-state index in [9.17, 15) is 19.1 Å². The predicted molar refractivity (Wildman–Crippen MR) is 134 cm³/mol. The Kier molecular flexibility index (Phi) is 7.80. The smallest absolute Gasteiger partial charge is 0.407 e. The fraction of sp³-hybridized carbons (Fsp3) is 0.296. The average Bonchev–Trinajstić information content (AvgIpc) is 2.87. The van der Waals surface area contributed by atoms with Crippen molar-refractivity contribution in [2.75, 3.05) is 31.1 Å². The van der Waals surface area contributed by atoms with Gasteiger partial charge in [0.15, 0.2) is 0 Å².